The topological polar surface area (TPSA) is 80.9 Å². The van der Waals surface area contributed by atoms with Crippen molar-refractivity contribution < 1.29 is 19.2 Å². The summed E-state index contributed by atoms with van der Waals surface area (Å²) < 4.78 is 0. The molecule has 0 fully saturated rings. The summed E-state index contributed by atoms with van der Waals surface area (Å²) in [5, 5.41) is 0. The van der Waals surface area contributed by atoms with E-state index in [0.29, 0.717) is 0 Å². The Morgan fingerprint density at radius 1 is 0.857 bits per heavy atom. The molecule has 0 aliphatic carbocycles. The summed E-state index contributed by atoms with van der Waals surface area (Å²) >= 11 is 0. The highest BCUT2D eigenvalue weighted by Gasteiger charge is 2.22. The van der Waals surface area contributed by atoms with Gasteiger partial charge in [0.1, 0.15) is 0 Å². The van der Waals surface area contributed by atoms with E-state index in [2.05, 4.69) is 0 Å². The van der Waals surface area contributed by atoms with Crippen LogP contribution in [0.25, 0.3) is 0 Å². The third-order valence-corrected chi connectivity index (χ3v) is 0. The van der Waals surface area contributed by atoms with Crippen LogP contribution in [0.5, 0.6) is 0 Å². The average Bonchev–Trinajstić information content (AvgIpc) is 0.722. The van der Waals surface area contributed by atoms with Crippen LogP contribution in [0.2, 0.25) is 0 Å². The zero-order valence-corrected chi connectivity index (χ0v) is 3.87. The van der Waals surface area contributed by atoms with Crippen molar-refractivity contribution in [2.75, 3.05) is 0 Å². The highest BCUT2D eigenvalue weighted by atomic mass is 28.4. The minimum Gasteiger partial charge on any atom is -0.368 e. The maximum absolute atomic E-state index is 7.33. The number of hydrogen-bond acceptors (Lipinski definition) is 4. The molecule has 0 spiro atoms. The van der Waals surface area contributed by atoms with Crippen LogP contribution >= 0.6 is 0 Å². The van der Waals surface area contributed by atoms with Gasteiger partial charge in [-0.2, -0.15) is 0 Å². The summed E-state index contributed by atoms with van der Waals surface area (Å²) in [6, 6.07) is 0. The second kappa shape index (κ2) is 4.74. The van der Waals surface area contributed by atoms with E-state index >= 15 is 0 Å². The first-order valence-electron chi connectivity index (χ1n) is 0.894. The van der Waals surface area contributed by atoms with Crippen molar-refractivity contribution in [3.8, 4) is 0 Å². The number of hydrogen-bond donors (Lipinski definition) is 4. The van der Waals surface area contributed by atoms with E-state index in [9.17, 15) is 0 Å². The van der Waals surface area contributed by atoms with E-state index in [1.54, 1.807) is 0 Å². The predicted octanol–water partition coefficient (Wildman–Crippen LogP) is -3.59. The second-order valence-electron chi connectivity index (χ2n) is 0.600. The van der Waals surface area contributed by atoms with Crippen LogP contribution in [0, 0.1) is 7.43 Å². The van der Waals surface area contributed by atoms with Gasteiger partial charge in [0.15, 0.2) is 17.4 Å². The van der Waals surface area contributed by atoms with E-state index in [-0.39, 0.29) is 24.8 Å². The first kappa shape index (κ1) is 15.6. The van der Waals surface area contributed by atoms with Crippen molar-refractivity contribution in [3.63, 3.8) is 0 Å². The Kier molecular flexibility index (Phi) is 10.6. The van der Waals surface area contributed by atoms with Crippen molar-refractivity contribution in [2.24, 2.45) is 0 Å². The molecule has 0 saturated heterocycles. The lowest BCUT2D eigenvalue weighted by Gasteiger charge is -1.91. The van der Waals surface area contributed by atoms with E-state index in [1.807, 2.05) is 0 Å². The highest BCUT2D eigenvalue weighted by Crippen LogP contribution is 1.67. The Bertz CT molecular complexity index is 27.2. The molecule has 0 rings (SSSR count). The first-order valence-corrected chi connectivity index (χ1v) is 2.68. The highest BCUT2D eigenvalue weighted by molar-refractivity contribution is 6.46. The van der Waals surface area contributed by atoms with Gasteiger partial charge in [-0.15, -0.1) is 0 Å². The zero-order valence-electron chi connectivity index (χ0n) is 2.87. The molecular weight excluding hydrogens is 131 g/mol. The largest absolute Gasteiger partial charge is 0.668 e. The normalized spacial score (nSPS) is 8.57. The van der Waals surface area contributed by atoms with Gasteiger partial charge in [0, 0.05) is 0 Å². The lowest BCUT2D eigenvalue weighted by atomic mass is 12.0. The van der Waals surface area contributed by atoms with Gasteiger partial charge in [0.2, 0.25) is 0 Å². The molecular formula is CH8AlO4Si. The fourth-order valence-electron chi connectivity index (χ4n) is 0. The molecule has 4 N–H and O–H groups in total. The van der Waals surface area contributed by atoms with Gasteiger partial charge in [0.05, 0.1) is 0 Å². The molecule has 0 amide bonds. The Balaban J connectivity index is -0.0000000800. The molecule has 6 heteroatoms. The average molecular weight is 139 g/mol. The Labute approximate surface area is 53.7 Å². The van der Waals surface area contributed by atoms with Crippen molar-refractivity contribution >= 4 is 26.4 Å². The van der Waals surface area contributed by atoms with E-state index in [4.69, 9.17) is 19.2 Å². The van der Waals surface area contributed by atoms with Gasteiger partial charge in [-0.05, 0) is 7.43 Å². The maximum atomic E-state index is 7.33. The summed E-state index contributed by atoms with van der Waals surface area (Å²) in [5.74, 6) is 0. The summed E-state index contributed by atoms with van der Waals surface area (Å²) in [7, 11) is -4.61. The van der Waals surface area contributed by atoms with Crippen LogP contribution in [-0.4, -0.2) is 45.6 Å². The standard InChI is InChI=1S/CH.Al.H4O4Si.3H/c;;1-5(2,3)4;;;/h1H;;1-4H;;;. The fraction of sp³-hybridized carbons (Fsp3) is 0. The predicted molar refractivity (Wildman–Crippen MR) is 28.9 cm³/mol. The van der Waals surface area contributed by atoms with Crippen LogP contribution < -0.4 is 0 Å². The quantitative estimate of drug-likeness (QED) is 0.261. The van der Waals surface area contributed by atoms with Gasteiger partial charge in [-0.25, -0.2) is 0 Å². The summed E-state index contributed by atoms with van der Waals surface area (Å²) in [6.45, 7) is 0. The molecule has 0 aromatic heterocycles. The molecule has 0 aromatic rings. The summed E-state index contributed by atoms with van der Waals surface area (Å²) in [6.07, 6.45) is 0. The van der Waals surface area contributed by atoms with Crippen LogP contribution in [0.1, 0.15) is 0 Å². The Morgan fingerprint density at radius 2 is 0.857 bits per heavy atom. The van der Waals surface area contributed by atoms with Gasteiger partial charge in [0.25, 0.3) is 0 Å². The zero-order chi connectivity index (χ0) is 4.50. The molecule has 7 heavy (non-hydrogen) atoms. The third kappa shape index (κ3) is 400. The van der Waals surface area contributed by atoms with Crippen LogP contribution in [0.15, 0.2) is 0 Å². The molecule has 0 heterocycles. The van der Waals surface area contributed by atoms with Gasteiger partial charge in [-0.3, -0.25) is 0 Å². The molecule has 0 aromatic carbocycles. The molecule has 0 atom stereocenters. The van der Waals surface area contributed by atoms with Crippen LogP contribution in [0.4, 0.5) is 0 Å². The Morgan fingerprint density at radius 3 is 0.857 bits per heavy atom. The molecule has 43 valence electrons. The summed E-state index contributed by atoms with van der Waals surface area (Å²) in [4.78, 5) is 29.3. The first-order chi connectivity index (χ1) is 2.00. The van der Waals surface area contributed by atoms with E-state index in [1.165, 1.54) is 0 Å². The monoisotopic (exact) mass is 139 g/mol. The lowest BCUT2D eigenvalue weighted by Crippen LogP contribution is -2.33. The minimum absolute atomic E-state index is 0. The van der Waals surface area contributed by atoms with E-state index in [0.717, 1.165) is 0 Å². The SMILES string of the molecule is O[Si](O)(O)O.[AlH3].[CH]. The third-order valence-electron chi connectivity index (χ3n) is 0. The molecule has 0 aliphatic rings. The lowest BCUT2D eigenvalue weighted by molar-refractivity contribution is 0.117. The molecule has 3 radical (unpaired) electrons. The van der Waals surface area contributed by atoms with Gasteiger partial charge < -0.3 is 19.2 Å². The molecule has 0 unspecified atom stereocenters. The van der Waals surface area contributed by atoms with Crippen molar-refractivity contribution in [1.29, 1.82) is 0 Å². The van der Waals surface area contributed by atoms with Crippen LogP contribution in [-0.2, 0) is 0 Å². The van der Waals surface area contributed by atoms with Crippen LogP contribution in [0.3, 0.4) is 0 Å². The van der Waals surface area contributed by atoms with Gasteiger partial charge in [-0.1, -0.05) is 0 Å². The molecule has 0 bridgehead atoms. The molecule has 0 saturated carbocycles. The molecule has 0 aliphatic heterocycles. The van der Waals surface area contributed by atoms with Crippen molar-refractivity contribution in [3.05, 3.63) is 7.43 Å². The maximum Gasteiger partial charge on any atom is 0.668 e. The van der Waals surface area contributed by atoms with E-state index < -0.39 is 9.05 Å². The summed E-state index contributed by atoms with van der Waals surface area (Å²) in [5.41, 5.74) is 0. The van der Waals surface area contributed by atoms with Crippen molar-refractivity contribution in [1.82, 2.24) is 0 Å². The number of rotatable bonds is 0. The second-order valence-corrected chi connectivity index (χ2v) is 1.80. The van der Waals surface area contributed by atoms with Crippen molar-refractivity contribution in [2.45, 2.75) is 0 Å². The fourth-order valence-corrected chi connectivity index (χ4v) is 0. The van der Waals surface area contributed by atoms with Gasteiger partial charge >= 0.3 is 9.05 Å². The Hall–Kier alpha value is 0.589. The molecule has 4 nitrogen and oxygen atoms in total. The minimum atomic E-state index is -4.61. The smallest absolute Gasteiger partial charge is 0.368 e.